The summed E-state index contributed by atoms with van der Waals surface area (Å²) in [5.41, 5.74) is 0.410. The van der Waals surface area contributed by atoms with Gasteiger partial charge in [0.1, 0.15) is 10.6 Å². The lowest BCUT2D eigenvalue weighted by Crippen LogP contribution is -2.41. The first-order valence-corrected chi connectivity index (χ1v) is 9.03. The molecule has 22 heavy (non-hydrogen) atoms. The highest BCUT2D eigenvalue weighted by atomic mass is 32.2. The molecule has 126 valence electrons. The van der Waals surface area contributed by atoms with E-state index in [1.165, 1.54) is 4.31 Å². The molecule has 1 aromatic rings. The molecule has 0 spiro atoms. The topological polar surface area (TPSA) is 81.9 Å². The summed E-state index contributed by atoms with van der Waals surface area (Å²) in [5.74, 6) is 0.340. The van der Waals surface area contributed by atoms with E-state index in [1.807, 2.05) is 6.92 Å². The van der Waals surface area contributed by atoms with Crippen LogP contribution >= 0.6 is 0 Å². The molecule has 2 rings (SSSR count). The van der Waals surface area contributed by atoms with E-state index in [1.54, 1.807) is 13.8 Å². The molecule has 1 aliphatic heterocycles. The molecule has 0 N–H and O–H groups in total. The normalized spacial score (nSPS) is 18.0. The first-order valence-electron chi connectivity index (χ1n) is 7.59. The maximum Gasteiger partial charge on any atom is 0.248 e. The quantitative estimate of drug-likeness (QED) is 0.704. The predicted octanol–water partition coefficient (Wildman–Crippen LogP) is 1.50. The summed E-state index contributed by atoms with van der Waals surface area (Å²) in [6.07, 6.45) is 1.47. The van der Waals surface area contributed by atoms with Crippen molar-refractivity contribution in [2.75, 3.05) is 32.9 Å². The van der Waals surface area contributed by atoms with Crippen molar-refractivity contribution >= 4 is 10.0 Å². The van der Waals surface area contributed by atoms with E-state index in [-0.39, 0.29) is 11.0 Å². The Labute approximate surface area is 131 Å². The smallest absolute Gasteiger partial charge is 0.248 e. The van der Waals surface area contributed by atoms with Gasteiger partial charge in [0.15, 0.2) is 5.76 Å². The molecular weight excluding hydrogens is 308 g/mol. The van der Waals surface area contributed by atoms with E-state index in [0.717, 1.165) is 0 Å². The monoisotopic (exact) mass is 332 g/mol. The molecular formula is C14H24N2O5S. The van der Waals surface area contributed by atoms with Crippen molar-refractivity contribution in [2.24, 2.45) is 0 Å². The molecule has 0 unspecified atom stereocenters. The molecule has 0 saturated carbocycles. The highest BCUT2D eigenvalue weighted by Crippen LogP contribution is 2.26. The van der Waals surface area contributed by atoms with Crippen molar-refractivity contribution in [3.05, 3.63) is 11.5 Å². The number of nitrogens with zero attached hydrogens (tertiary/aromatic N) is 2. The fourth-order valence-corrected chi connectivity index (χ4v) is 4.39. The molecule has 2 heterocycles. The van der Waals surface area contributed by atoms with Crippen molar-refractivity contribution in [2.45, 2.75) is 44.6 Å². The molecule has 1 saturated heterocycles. The fraction of sp³-hybridized carbons (Fsp3) is 0.786. The van der Waals surface area contributed by atoms with Crippen LogP contribution in [0.2, 0.25) is 0 Å². The molecule has 0 aliphatic carbocycles. The molecule has 1 aliphatic rings. The molecule has 0 amide bonds. The number of hydrogen-bond donors (Lipinski definition) is 0. The Bertz CT molecular complexity index is 557. The van der Waals surface area contributed by atoms with Gasteiger partial charge in [-0.1, -0.05) is 5.16 Å². The second-order valence-corrected chi connectivity index (χ2v) is 7.20. The van der Waals surface area contributed by atoms with Crippen molar-refractivity contribution in [3.63, 3.8) is 0 Å². The standard InChI is InChI=1S/C14H24N2O5S/c1-4-19-9-10-20-13-5-7-16(8-6-13)22(17,18)14-11(2)15-21-12(14)3/h13H,4-10H2,1-3H3. The van der Waals surface area contributed by atoms with Crippen molar-refractivity contribution in [1.29, 1.82) is 0 Å². The number of hydrogen-bond acceptors (Lipinski definition) is 6. The van der Waals surface area contributed by atoms with Gasteiger partial charge >= 0.3 is 0 Å². The number of aromatic nitrogens is 1. The van der Waals surface area contributed by atoms with Gasteiger partial charge in [-0.3, -0.25) is 0 Å². The highest BCUT2D eigenvalue weighted by Gasteiger charge is 2.33. The summed E-state index contributed by atoms with van der Waals surface area (Å²) in [7, 11) is -3.54. The maximum absolute atomic E-state index is 12.7. The zero-order valence-corrected chi connectivity index (χ0v) is 14.2. The van der Waals surface area contributed by atoms with Crippen LogP contribution in [0.25, 0.3) is 0 Å². The molecule has 1 fully saturated rings. The minimum atomic E-state index is -3.54. The van der Waals surface area contributed by atoms with Crippen LogP contribution in [0.3, 0.4) is 0 Å². The Morgan fingerprint density at radius 3 is 2.50 bits per heavy atom. The Balaban J connectivity index is 1.91. The number of aryl methyl sites for hydroxylation is 2. The average Bonchev–Trinajstić information content (AvgIpc) is 2.84. The van der Waals surface area contributed by atoms with Crippen molar-refractivity contribution < 1.29 is 22.4 Å². The number of piperidine rings is 1. The first-order chi connectivity index (χ1) is 10.5. The fourth-order valence-electron chi connectivity index (χ4n) is 2.63. The average molecular weight is 332 g/mol. The van der Waals surface area contributed by atoms with Crippen LogP contribution in [-0.2, 0) is 19.5 Å². The first kappa shape index (κ1) is 17.4. The van der Waals surface area contributed by atoms with E-state index in [4.69, 9.17) is 14.0 Å². The van der Waals surface area contributed by atoms with E-state index in [2.05, 4.69) is 5.16 Å². The van der Waals surface area contributed by atoms with Gasteiger partial charge in [-0.25, -0.2) is 8.42 Å². The largest absolute Gasteiger partial charge is 0.379 e. The molecule has 0 aromatic carbocycles. The SMILES string of the molecule is CCOCCOC1CCN(S(=O)(=O)c2c(C)noc2C)CC1. The van der Waals surface area contributed by atoms with Crippen LogP contribution in [0.15, 0.2) is 9.42 Å². The van der Waals surface area contributed by atoms with E-state index in [0.29, 0.717) is 57.2 Å². The van der Waals surface area contributed by atoms with Gasteiger partial charge in [0.25, 0.3) is 0 Å². The van der Waals surface area contributed by atoms with Crippen LogP contribution in [0, 0.1) is 13.8 Å². The summed E-state index contributed by atoms with van der Waals surface area (Å²) in [5, 5.41) is 3.73. The summed E-state index contributed by atoms with van der Waals surface area (Å²) in [6.45, 7) is 7.92. The Hall–Kier alpha value is -0.960. The molecule has 7 nitrogen and oxygen atoms in total. The van der Waals surface area contributed by atoms with Gasteiger partial charge in [-0.15, -0.1) is 0 Å². The lowest BCUT2D eigenvalue weighted by molar-refractivity contribution is -0.0121. The number of sulfonamides is 1. The lowest BCUT2D eigenvalue weighted by atomic mass is 10.1. The van der Waals surface area contributed by atoms with Crippen molar-refractivity contribution in [3.8, 4) is 0 Å². The zero-order valence-electron chi connectivity index (χ0n) is 13.4. The maximum atomic E-state index is 12.7. The third kappa shape index (κ3) is 3.87. The van der Waals surface area contributed by atoms with Crippen LogP contribution in [0.1, 0.15) is 31.2 Å². The Morgan fingerprint density at radius 1 is 1.27 bits per heavy atom. The zero-order chi connectivity index (χ0) is 16.2. The van der Waals surface area contributed by atoms with Crippen LogP contribution in [0.4, 0.5) is 0 Å². The van der Waals surface area contributed by atoms with Gasteiger partial charge < -0.3 is 14.0 Å². The minimum Gasteiger partial charge on any atom is -0.379 e. The number of rotatable bonds is 7. The summed E-state index contributed by atoms with van der Waals surface area (Å²) >= 11 is 0. The van der Waals surface area contributed by atoms with Crippen molar-refractivity contribution in [1.82, 2.24) is 9.46 Å². The van der Waals surface area contributed by atoms with Gasteiger partial charge in [-0.05, 0) is 33.6 Å². The molecule has 1 aromatic heterocycles. The van der Waals surface area contributed by atoms with E-state index in [9.17, 15) is 8.42 Å². The predicted molar refractivity (Wildman–Crippen MR) is 80.2 cm³/mol. The van der Waals surface area contributed by atoms with Gasteiger partial charge in [0.05, 0.1) is 19.3 Å². The van der Waals surface area contributed by atoms with Crippen LogP contribution < -0.4 is 0 Å². The molecule has 0 atom stereocenters. The third-order valence-electron chi connectivity index (χ3n) is 3.75. The second kappa shape index (κ2) is 7.54. The summed E-state index contributed by atoms with van der Waals surface area (Å²) < 4.78 is 42.7. The Morgan fingerprint density at radius 2 is 1.95 bits per heavy atom. The van der Waals surface area contributed by atoms with Gasteiger partial charge in [0, 0.05) is 19.7 Å². The van der Waals surface area contributed by atoms with E-state index >= 15 is 0 Å². The number of ether oxygens (including phenoxy) is 2. The lowest BCUT2D eigenvalue weighted by Gasteiger charge is -2.31. The van der Waals surface area contributed by atoms with Gasteiger partial charge in [-0.2, -0.15) is 4.31 Å². The Kier molecular flexibility index (Phi) is 5.96. The molecule has 8 heteroatoms. The minimum absolute atomic E-state index is 0.0941. The van der Waals surface area contributed by atoms with Crippen LogP contribution in [0.5, 0.6) is 0 Å². The summed E-state index contributed by atoms with van der Waals surface area (Å²) in [4.78, 5) is 0.197. The third-order valence-corrected chi connectivity index (χ3v) is 5.90. The van der Waals surface area contributed by atoms with Gasteiger partial charge in [0.2, 0.25) is 10.0 Å². The molecule has 0 radical (unpaired) electrons. The van der Waals surface area contributed by atoms with E-state index < -0.39 is 10.0 Å². The second-order valence-electron chi connectivity index (χ2n) is 5.32. The van der Waals surface area contributed by atoms with Crippen LogP contribution in [-0.4, -0.2) is 56.9 Å². The molecule has 0 bridgehead atoms. The summed E-state index contributed by atoms with van der Waals surface area (Å²) in [6, 6.07) is 0. The highest BCUT2D eigenvalue weighted by molar-refractivity contribution is 7.89.